The maximum atomic E-state index is 12.5. The topological polar surface area (TPSA) is 107 Å². The van der Waals surface area contributed by atoms with E-state index >= 15 is 0 Å². The van der Waals surface area contributed by atoms with Crippen LogP contribution in [0.25, 0.3) is 0 Å². The number of nitrogens with zero attached hydrogens (tertiary/aromatic N) is 5. The third-order valence-corrected chi connectivity index (χ3v) is 5.90. The van der Waals surface area contributed by atoms with Gasteiger partial charge in [0, 0.05) is 18.5 Å². The van der Waals surface area contributed by atoms with Crippen LogP contribution < -0.4 is 0 Å². The number of hydrogen-bond acceptors (Lipinski definition) is 5. The molecule has 23 heavy (non-hydrogen) atoms. The van der Waals surface area contributed by atoms with Crippen molar-refractivity contribution in [1.29, 1.82) is 0 Å². The fourth-order valence-electron chi connectivity index (χ4n) is 3.08. The number of likely N-dealkylation sites (tertiary alicyclic amines) is 1. The average Bonchev–Trinajstić information content (AvgIpc) is 3.00. The third kappa shape index (κ3) is 2.83. The van der Waals surface area contributed by atoms with Crippen molar-refractivity contribution in [3.05, 3.63) is 11.9 Å². The maximum Gasteiger partial charge on any atom is 0.407 e. The van der Waals surface area contributed by atoms with E-state index in [1.54, 1.807) is 10.9 Å². The van der Waals surface area contributed by atoms with Crippen molar-refractivity contribution in [3.8, 4) is 0 Å². The lowest BCUT2D eigenvalue weighted by molar-refractivity contribution is 0.110. The van der Waals surface area contributed by atoms with Gasteiger partial charge in [-0.1, -0.05) is 9.61 Å². The van der Waals surface area contributed by atoms with E-state index in [1.165, 1.54) is 4.90 Å². The van der Waals surface area contributed by atoms with Gasteiger partial charge >= 0.3 is 6.09 Å². The molecule has 1 aromatic rings. The number of carboxylic acid groups (broad SMARTS) is 1. The fraction of sp³-hybridized carbons (Fsp3) is 0.714. The van der Waals surface area contributed by atoms with Crippen LogP contribution in [-0.4, -0.2) is 59.2 Å². The monoisotopic (exact) mass is 339 g/mol. The van der Waals surface area contributed by atoms with Gasteiger partial charge in [0.1, 0.15) is 27.5 Å². The minimum atomic E-state index is -1.37. The summed E-state index contributed by atoms with van der Waals surface area (Å²) < 4.78 is 18.4. The van der Waals surface area contributed by atoms with E-state index in [9.17, 15) is 9.35 Å². The first kappa shape index (κ1) is 16.3. The van der Waals surface area contributed by atoms with Gasteiger partial charge < -0.3 is 14.6 Å². The largest absolute Gasteiger partial charge is 0.591 e. The molecule has 1 aromatic heterocycles. The van der Waals surface area contributed by atoms with Gasteiger partial charge in [-0.2, -0.15) is 0 Å². The van der Waals surface area contributed by atoms with Crippen molar-refractivity contribution in [3.63, 3.8) is 0 Å². The van der Waals surface area contributed by atoms with Crippen LogP contribution in [0.2, 0.25) is 0 Å². The highest BCUT2D eigenvalue weighted by Gasteiger charge is 2.49. The smallest absolute Gasteiger partial charge is 0.407 e. The van der Waals surface area contributed by atoms with E-state index in [2.05, 4.69) is 14.7 Å². The van der Waals surface area contributed by atoms with Crippen molar-refractivity contribution >= 4 is 23.2 Å². The number of fused-ring (bicyclic) bond motifs is 1. The highest BCUT2D eigenvalue weighted by Crippen LogP contribution is 2.42. The van der Waals surface area contributed by atoms with Crippen LogP contribution in [-0.2, 0) is 17.9 Å². The van der Waals surface area contributed by atoms with Crippen LogP contribution in [0.4, 0.5) is 4.79 Å². The number of hydrogen-bond donors (Lipinski definition) is 1. The van der Waals surface area contributed by atoms with Crippen molar-refractivity contribution in [2.24, 2.45) is 9.81 Å². The standard InChI is InChI=1S/C14H21N5O3S/c1-13(2,3)23(22)16-11-10-8-15-17-19(10)9-14(11)4-6-18(7-5-14)12(20)21/h8H,4-7,9H2,1-3H3,(H,20,21). The summed E-state index contributed by atoms with van der Waals surface area (Å²) in [5.74, 6) is 0. The van der Waals surface area contributed by atoms with Crippen molar-refractivity contribution in [2.45, 2.75) is 44.9 Å². The Kier molecular flexibility index (Phi) is 3.88. The SMILES string of the molecule is CC(C)(C)[S+]([O-])N=C1c2cnnn2CC12CCN(C(=O)O)CC2. The van der Waals surface area contributed by atoms with E-state index in [4.69, 9.17) is 5.11 Å². The molecule has 1 unspecified atom stereocenters. The molecule has 2 aliphatic heterocycles. The van der Waals surface area contributed by atoms with Gasteiger partial charge in [0.25, 0.3) is 0 Å². The van der Waals surface area contributed by atoms with Crippen molar-refractivity contribution in [2.75, 3.05) is 13.1 Å². The average molecular weight is 339 g/mol. The Bertz CT molecular complexity index is 643. The van der Waals surface area contributed by atoms with Gasteiger partial charge in [-0.25, -0.2) is 9.48 Å². The van der Waals surface area contributed by atoms with E-state index in [1.807, 2.05) is 20.8 Å². The lowest BCUT2D eigenvalue weighted by Gasteiger charge is -2.37. The zero-order valence-corrected chi connectivity index (χ0v) is 14.3. The van der Waals surface area contributed by atoms with Gasteiger partial charge in [0.2, 0.25) is 0 Å². The molecule has 126 valence electrons. The molecule has 1 saturated heterocycles. The molecule has 1 fully saturated rings. The predicted molar refractivity (Wildman–Crippen MR) is 85.7 cm³/mol. The Morgan fingerprint density at radius 2 is 2.09 bits per heavy atom. The molecule has 1 amide bonds. The number of piperidine rings is 1. The van der Waals surface area contributed by atoms with Gasteiger partial charge in [-0.15, -0.1) is 5.10 Å². The molecular formula is C14H21N5O3S. The second kappa shape index (κ2) is 5.48. The Balaban J connectivity index is 1.93. The number of rotatable bonds is 1. The summed E-state index contributed by atoms with van der Waals surface area (Å²) in [6.45, 7) is 7.19. The third-order valence-electron chi connectivity index (χ3n) is 4.50. The summed E-state index contributed by atoms with van der Waals surface area (Å²) in [6.07, 6.45) is 2.07. The summed E-state index contributed by atoms with van der Waals surface area (Å²) in [5.41, 5.74) is 1.27. The molecule has 0 saturated carbocycles. The first-order valence-corrected chi connectivity index (χ1v) is 8.71. The highest BCUT2D eigenvalue weighted by atomic mass is 32.2. The van der Waals surface area contributed by atoms with Crippen LogP contribution in [0.5, 0.6) is 0 Å². The van der Waals surface area contributed by atoms with Gasteiger partial charge in [-0.05, 0) is 33.6 Å². The molecule has 1 atom stereocenters. The molecule has 8 nitrogen and oxygen atoms in total. The Labute approximate surface area is 137 Å². The van der Waals surface area contributed by atoms with Crippen molar-refractivity contribution < 1.29 is 14.5 Å². The van der Waals surface area contributed by atoms with Crippen LogP contribution in [0.3, 0.4) is 0 Å². The van der Waals surface area contributed by atoms with E-state index in [-0.39, 0.29) is 5.41 Å². The van der Waals surface area contributed by atoms with Gasteiger partial charge in [0.05, 0.1) is 12.7 Å². The van der Waals surface area contributed by atoms with Gasteiger partial charge in [0.15, 0.2) is 0 Å². The molecule has 9 heteroatoms. The maximum absolute atomic E-state index is 12.5. The second-order valence-corrected chi connectivity index (χ2v) is 9.03. The summed E-state index contributed by atoms with van der Waals surface area (Å²) >= 11 is -1.37. The van der Waals surface area contributed by atoms with Gasteiger partial charge in [-0.3, -0.25) is 0 Å². The van der Waals surface area contributed by atoms with Crippen LogP contribution in [0.15, 0.2) is 10.6 Å². The lowest BCUT2D eigenvalue weighted by Crippen LogP contribution is -2.46. The quantitative estimate of drug-likeness (QED) is 0.776. The van der Waals surface area contributed by atoms with Crippen LogP contribution in [0, 0.1) is 5.41 Å². The van der Waals surface area contributed by atoms with E-state index in [0.29, 0.717) is 32.5 Å². The Morgan fingerprint density at radius 1 is 1.43 bits per heavy atom. The van der Waals surface area contributed by atoms with E-state index in [0.717, 1.165) is 11.4 Å². The van der Waals surface area contributed by atoms with Crippen LogP contribution in [0.1, 0.15) is 39.3 Å². The van der Waals surface area contributed by atoms with Crippen LogP contribution >= 0.6 is 0 Å². The minimum Gasteiger partial charge on any atom is -0.591 e. The predicted octanol–water partition coefficient (Wildman–Crippen LogP) is 1.30. The first-order chi connectivity index (χ1) is 10.7. The zero-order chi connectivity index (χ0) is 16.8. The summed E-state index contributed by atoms with van der Waals surface area (Å²) in [5, 5.41) is 17.1. The summed E-state index contributed by atoms with van der Waals surface area (Å²) in [4.78, 5) is 12.6. The molecule has 3 rings (SSSR count). The molecule has 3 heterocycles. The second-order valence-electron chi connectivity index (χ2n) is 7.13. The summed E-state index contributed by atoms with van der Waals surface area (Å²) in [7, 11) is 0. The first-order valence-electron chi connectivity index (χ1n) is 7.61. The molecule has 1 N–H and O–H groups in total. The Morgan fingerprint density at radius 3 is 2.65 bits per heavy atom. The highest BCUT2D eigenvalue weighted by molar-refractivity contribution is 7.91. The molecule has 0 radical (unpaired) electrons. The molecule has 0 aromatic carbocycles. The molecule has 0 aliphatic carbocycles. The van der Waals surface area contributed by atoms with Crippen molar-refractivity contribution in [1.82, 2.24) is 19.9 Å². The normalized spacial score (nSPS) is 23.3. The zero-order valence-electron chi connectivity index (χ0n) is 13.5. The van der Waals surface area contributed by atoms with E-state index < -0.39 is 22.2 Å². The lowest BCUT2D eigenvalue weighted by atomic mass is 9.75. The minimum absolute atomic E-state index is 0.294. The number of amides is 1. The summed E-state index contributed by atoms with van der Waals surface area (Å²) in [6, 6.07) is 0. The molecule has 2 aliphatic rings. The molecule has 0 bridgehead atoms. The number of aromatic nitrogens is 3. The Hall–Kier alpha value is -1.61. The number of carbonyl (C=O) groups is 1. The molecular weight excluding hydrogens is 318 g/mol. The fourth-order valence-corrected chi connectivity index (χ4v) is 3.80. The molecule has 1 spiro atoms.